The summed E-state index contributed by atoms with van der Waals surface area (Å²) < 4.78 is 61.4. The Bertz CT molecular complexity index is 1270. The van der Waals surface area contributed by atoms with Crippen LogP contribution in [-0.4, -0.2) is 76.3 Å². The van der Waals surface area contributed by atoms with E-state index in [1.54, 1.807) is 24.4 Å². The van der Waals surface area contributed by atoms with Crippen LogP contribution >= 0.6 is 0 Å². The van der Waals surface area contributed by atoms with Crippen LogP contribution < -0.4 is 4.74 Å². The quantitative estimate of drug-likeness (QED) is 0.400. The van der Waals surface area contributed by atoms with E-state index < -0.39 is 34.8 Å². The van der Waals surface area contributed by atoms with E-state index in [2.05, 4.69) is 4.98 Å². The van der Waals surface area contributed by atoms with Crippen molar-refractivity contribution in [2.24, 2.45) is 11.3 Å². The minimum atomic E-state index is -4.15. The molecule has 1 saturated carbocycles. The van der Waals surface area contributed by atoms with Crippen molar-refractivity contribution in [1.29, 1.82) is 0 Å². The zero-order chi connectivity index (χ0) is 29.4. The number of rotatable bonds is 8. The Morgan fingerprint density at radius 2 is 1.76 bits per heavy atom. The number of aliphatic carboxylic acids is 1. The standard InChI is InChI=1S/C30H35F4N3O4/c1-28(27(39)40)10-3-13-37(28)26(38)23-6-4-21(16-24(23)31)22-5-7-25(35-17-22)41-18-20-8-14-36(15-9-20)19-29(11-2-12-29)30(32,33)34/h4-7,16-17,20H,2-3,8-15,18-19H2,1H3,(H,39,40)/t28-/m0/s1. The number of pyridine rings is 1. The fraction of sp³-hybridized carbons (Fsp3) is 0.567. The number of carboxylic acid groups (broad SMARTS) is 1. The average molecular weight is 578 g/mol. The maximum Gasteiger partial charge on any atom is 0.395 e. The van der Waals surface area contributed by atoms with Crippen molar-refractivity contribution in [3.05, 3.63) is 47.9 Å². The largest absolute Gasteiger partial charge is 0.480 e. The molecule has 1 atom stereocenters. The number of benzene rings is 1. The lowest BCUT2D eigenvalue weighted by Gasteiger charge is -2.47. The van der Waals surface area contributed by atoms with E-state index in [9.17, 15) is 32.3 Å². The molecule has 3 heterocycles. The number of hydrogen-bond donors (Lipinski definition) is 1. The molecule has 1 amide bonds. The van der Waals surface area contributed by atoms with Gasteiger partial charge < -0.3 is 19.6 Å². The molecule has 2 aromatic rings. The predicted octanol–water partition coefficient (Wildman–Crippen LogP) is 5.79. The Morgan fingerprint density at radius 1 is 1.05 bits per heavy atom. The third-order valence-corrected chi connectivity index (χ3v) is 9.23. The molecule has 1 aromatic carbocycles. The summed E-state index contributed by atoms with van der Waals surface area (Å²) in [4.78, 5) is 32.2. The minimum Gasteiger partial charge on any atom is -0.480 e. The molecule has 2 saturated heterocycles. The molecular weight excluding hydrogens is 542 g/mol. The molecule has 1 N–H and O–H groups in total. The molecule has 1 aliphatic carbocycles. The molecule has 0 spiro atoms. The Kier molecular flexibility index (Phi) is 8.02. The molecule has 7 nitrogen and oxygen atoms in total. The van der Waals surface area contributed by atoms with Gasteiger partial charge in [-0.15, -0.1) is 0 Å². The smallest absolute Gasteiger partial charge is 0.395 e. The van der Waals surface area contributed by atoms with E-state index in [0.29, 0.717) is 56.0 Å². The maximum absolute atomic E-state index is 15.0. The van der Waals surface area contributed by atoms with Gasteiger partial charge in [0.05, 0.1) is 17.6 Å². The topological polar surface area (TPSA) is 83.0 Å². The van der Waals surface area contributed by atoms with E-state index in [0.717, 1.165) is 12.8 Å². The highest BCUT2D eigenvalue weighted by atomic mass is 19.4. The van der Waals surface area contributed by atoms with E-state index >= 15 is 0 Å². The first-order valence-corrected chi connectivity index (χ1v) is 14.2. The van der Waals surface area contributed by atoms with Crippen molar-refractivity contribution in [1.82, 2.24) is 14.8 Å². The minimum absolute atomic E-state index is 0.0861. The number of likely N-dealkylation sites (tertiary alicyclic amines) is 2. The number of carboxylic acids is 1. The number of ether oxygens (including phenoxy) is 1. The zero-order valence-corrected chi connectivity index (χ0v) is 23.1. The highest BCUT2D eigenvalue weighted by Gasteiger charge is 2.58. The monoisotopic (exact) mass is 577 g/mol. The van der Waals surface area contributed by atoms with Gasteiger partial charge in [0.1, 0.15) is 11.4 Å². The van der Waals surface area contributed by atoms with Crippen molar-refractivity contribution >= 4 is 11.9 Å². The van der Waals surface area contributed by atoms with E-state index in [1.165, 1.54) is 24.0 Å². The highest BCUT2D eigenvalue weighted by Crippen LogP contribution is 2.53. The summed E-state index contributed by atoms with van der Waals surface area (Å²) in [5, 5.41) is 9.58. The zero-order valence-electron chi connectivity index (χ0n) is 23.1. The van der Waals surface area contributed by atoms with Gasteiger partial charge in [-0.1, -0.05) is 12.5 Å². The Hall–Kier alpha value is -3.21. The van der Waals surface area contributed by atoms with Crippen molar-refractivity contribution < 1.29 is 37.0 Å². The summed E-state index contributed by atoms with van der Waals surface area (Å²) in [7, 11) is 0. The normalized spacial score (nSPS) is 23.3. The lowest BCUT2D eigenvalue weighted by Crippen LogP contribution is -2.53. The number of piperidine rings is 1. The van der Waals surface area contributed by atoms with Crippen LogP contribution in [0.25, 0.3) is 11.1 Å². The summed E-state index contributed by atoms with van der Waals surface area (Å²) in [5.41, 5.74) is -1.93. The number of aromatic nitrogens is 1. The van der Waals surface area contributed by atoms with Gasteiger partial charge in [-0.25, -0.2) is 14.2 Å². The number of carbonyl (C=O) groups excluding carboxylic acids is 1. The van der Waals surface area contributed by atoms with Crippen LogP contribution in [0.2, 0.25) is 0 Å². The van der Waals surface area contributed by atoms with Gasteiger partial charge in [-0.2, -0.15) is 13.2 Å². The number of nitrogens with zero attached hydrogens (tertiary/aromatic N) is 3. The first kappa shape index (κ1) is 29.3. The molecule has 222 valence electrons. The summed E-state index contributed by atoms with van der Waals surface area (Å²) >= 11 is 0. The van der Waals surface area contributed by atoms with Crippen LogP contribution in [0.15, 0.2) is 36.5 Å². The number of halogens is 4. The van der Waals surface area contributed by atoms with Gasteiger partial charge in [-0.3, -0.25) is 4.79 Å². The second-order valence-corrected chi connectivity index (χ2v) is 11.9. The second kappa shape index (κ2) is 11.2. The first-order chi connectivity index (χ1) is 19.4. The average Bonchev–Trinajstić information content (AvgIpc) is 3.32. The summed E-state index contributed by atoms with van der Waals surface area (Å²) in [6.07, 6.45) is 0.867. The van der Waals surface area contributed by atoms with Crippen LogP contribution in [-0.2, 0) is 4.79 Å². The molecule has 5 rings (SSSR count). The highest BCUT2D eigenvalue weighted by molar-refractivity contribution is 5.98. The SMILES string of the molecule is C[C@@]1(C(=O)O)CCCN1C(=O)c1ccc(-c2ccc(OCC3CCN(CC4(C(F)(F)F)CCC4)CC3)nc2)cc1F. The van der Waals surface area contributed by atoms with Crippen LogP contribution in [0.1, 0.15) is 62.2 Å². The molecule has 2 aliphatic heterocycles. The molecule has 0 bridgehead atoms. The molecule has 41 heavy (non-hydrogen) atoms. The van der Waals surface area contributed by atoms with Gasteiger partial charge in [0, 0.05) is 30.9 Å². The fourth-order valence-corrected chi connectivity index (χ4v) is 6.24. The van der Waals surface area contributed by atoms with E-state index in [4.69, 9.17) is 4.74 Å². The first-order valence-electron chi connectivity index (χ1n) is 14.2. The number of alkyl halides is 3. The maximum atomic E-state index is 15.0. The molecule has 1 aromatic heterocycles. The van der Waals surface area contributed by atoms with Gasteiger partial charge in [0.25, 0.3) is 5.91 Å². The predicted molar refractivity (Wildman–Crippen MR) is 143 cm³/mol. The van der Waals surface area contributed by atoms with Crippen molar-refractivity contribution in [2.45, 2.75) is 63.6 Å². The lowest BCUT2D eigenvalue weighted by molar-refractivity contribution is -0.256. The van der Waals surface area contributed by atoms with Crippen LogP contribution in [0.5, 0.6) is 5.88 Å². The van der Waals surface area contributed by atoms with Gasteiger partial charge >= 0.3 is 12.1 Å². The fourth-order valence-electron chi connectivity index (χ4n) is 6.24. The van der Waals surface area contributed by atoms with E-state index in [-0.39, 0.29) is 37.4 Å². The molecule has 3 aliphatic rings. The Labute approximate surface area is 236 Å². The third-order valence-electron chi connectivity index (χ3n) is 9.23. The van der Waals surface area contributed by atoms with Crippen molar-refractivity contribution in [3.8, 4) is 17.0 Å². The molecular formula is C30H35F4N3O4. The molecule has 3 fully saturated rings. The summed E-state index contributed by atoms with van der Waals surface area (Å²) in [5.74, 6) is -1.86. The number of amides is 1. The Morgan fingerprint density at radius 3 is 2.32 bits per heavy atom. The molecule has 11 heteroatoms. The van der Waals surface area contributed by atoms with Gasteiger partial charge in [0.2, 0.25) is 5.88 Å². The summed E-state index contributed by atoms with van der Waals surface area (Å²) in [6.45, 7) is 3.48. The summed E-state index contributed by atoms with van der Waals surface area (Å²) in [6, 6.07) is 7.61. The lowest BCUT2D eigenvalue weighted by atomic mass is 9.67. The number of hydrogen-bond acceptors (Lipinski definition) is 5. The van der Waals surface area contributed by atoms with Gasteiger partial charge in [-0.05, 0) is 88.2 Å². The molecule has 0 radical (unpaired) electrons. The van der Waals surface area contributed by atoms with Crippen LogP contribution in [0.3, 0.4) is 0 Å². The third kappa shape index (κ3) is 5.78. The van der Waals surface area contributed by atoms with Crippen LogP contribution in [0.4, 0.5) is 17.6 Å². The van der Waals surface area contributed by atoms with Crippen molar-refractivity contribution in [2.75, 3.05) is 32.8 Å². The second-order valence-electron chi connectivity index (χ2n) is 11.9. The van der Waals surface area contributed by atoms with Gasteiger partial charge in [0.15, 0.2) is 0 Å². The van der Waals surface area contributed by atoms with Crippen molar-refractivity contribution in [3.63, 3.8) is 0 Å². The molecule has 0 unspecified atom stereocenters. The van der Waals surface area contributed by atoms with Crippen LogP contribution in [0, 0.1) is 17.2 Å². The number of carbonyl (C=O) groups is 2. The van der Waals surface area contributed by atoms with E-state index in [1.807, 2.05) is 4.90 Å². The Balaban J connectivity index is 1.13.